The van der Waals surface area contributed by atoms with Gasteiger partial charge in [0.15, 0.2) is 0 Å². The largest absolute Gasteiger partial charge is 0.313 e. The van der Waals surface area contributed by atoms with E-state index < -0.39 is 0 Å². The summed E-state index contributed by atoms with van der Waals surface area (Å²) in [5.41, 5.74) is 1.42. The highest BCUT2D eigenvalue weighted by atomic mass is 32.2. The van der Waals surface area contributed by atoms with Crippen LogP contribution >= 0.6 is 11.8 Å². The second-order valence-electron chi connectivity index (χ2n) is 4.82. The minimum absolute atomic E-state index is 0.516. The molecular formula is C16H27NS. The molecule has 1 aromatic carbocycles. The molecule has 0 radical (unpaired) electrons. The maximum Gasteiger partial charge on any atom is 0.0317 e. The van der Waals surface area contributed by atoms with Crippen LogP contribution in [0.3, 0.4) is 0 Å². The topological polar surface area (TPSA) is 12.0 Å². The molecule has 0 spiro atoms. The van der Waals surface area contributed by atoms with Crippen LogP contribution < -0.4 is 5.32 Å². The van der Waals surface area contributed by atoms with Crippen molar-refractivity contribution in [1.82, 2.24) is 5.32 Å². The van der Waals surface area contributed by atoms with Gasteiger partial charge in [0.05, 0.1) is 0 Å². The average Bonchev–Trinajstić information content (AvgIpc) is 2.43. The first-order chi connectivity index (χ1) is 8.81. The van der Waals surface area contributed by atoms with Crippen molar-refractivity contribution in [3.63, 3.8) is 0 Å². The SMILES string of the molecule is CCCCCCCC(NC)c1ccc(SC)cc1. The van der Waals surface area contributed by atoms with Gasteiger partial charge in [0.25, 0.3) is 0 Å². The van der Waals surface area contributed by atoms with E-state index in [2.05, 4.69) is 49.8 Å². The third-order valence-corrected chi connectivity index (χ3v) is 4.21. The Balaban J connectivity index is 2.39. The fourth-order valence-electron chi connectivity index (χ4n) is 2.27. The van der Waals surface area contributed by atoms with E-state index in [9.17, 15) is 0 Å². The molecule has 0 heterocycles. The minimum Gasteiger partial charge on any atom is -0.313 e. The molecule has 0 aliphatic rings. The zero-order chi connectivity index (χ0) is 13.2. The summed E-state index contributed by atoms with van der Waals surface area (Å²) < 4.78 is 0. The van der Waals surface area contributed by atoms with Gasteiger partial charge in [-0.3, -0.25) is 0 Å². The van der Waals surface area contributed by atoms with E-state index in [-0.39, 0.29) is 0 Å². The van der Waals surface area contributed by atoms with Gasteiger partial charge in [-0.15, -0.1) is 11.8 Å². The zero-order valence-corrected chi connectivity index (χ0v) is 12.9. The van der Waals surface area contributed by atoms with E-state index in [1.54, 1.807) is 11.8 Å². The molecule has 0 saturated heterocycles. The van der Waals surface area contributed by atoms with Gasteiger partial charge in [0.2, 0.25) is 0 Å². The molecule has 1 unspecified atom stereocenters. The smallest absolute Gasteiger partial charge is 0.0317 e. The number of hydrogen-bond donors (Lipinski definition) is 1. The maximum atomic E-state index is 3.44. The molecule has 0 bridgehead atoms. The van der Waals surface area contributed by atoms with E-state index in [1.165, 1.54) is 49.0 Å². The van der Waals surface area contributed by atoms with E-state index >= 15 is 0 Å². The number of hydrogen-bond acceptors (Lipinski definition) is 2. The summed E-state index contributed by atoms with van der Waals surface area (Å²) >= 11 is 1.80. The number of thioether (sulfide) groups is 1. The van der Waals surface area contributed by atoms with Crippen LogP contribution in [0.2, 0.25) is 0 Å². The Morgan fingerprint density at radius 3 is 2.28 bits per heavy atom. The molecule has 18 heavy (non-hydrogen) atoms. The molecule has 1 aromatic rings. The third kappa shape index (κ3) is 5.45. The van der Waals surface area contributed by atoms with Crippen LogP contribution in [0.25, 0.3) is 0 Å². The zero-order valence-electron chi connectivity index (χ0n) is 12.0. The highest BCUT2D eigenvalue weighted by molar-refractivity contribution is 7.98. The van der Waals surface area contributed by atoms with E-state index in [1.807, 2.05) is 0 Å². The third-order valence-electron chi connectivity index (χ3n) is 3.46. The lowest BCUT2D eigenvalue weighted by Crippen LogP contribution is -2.16. The molecule has 0 aliphatic heterocycles. The van der Waals surface area contributed by atoms with Gasteiger partial charge < -0.3 is 5.32 Å². The highest BCUT2D eigenvalue weighted by Crippen LogP contribution is 2.23. The molecule has 1 rings (SSSR count). The number of unbranched alkanes of at least 4 members (excludes halogenated alkanes) is 4. The van der Waals surface area contributed by atoms with Crippen LogP contribution in [0.5, 0.6) is 0 Å². The number of benzene rings is 1. The summed E-state index contributed by atoms with van der Waals surface area (Å²) in [5, 5.41) is 3.44. The van der Waals surface area contributed by atoms with Gasteiger partial charge in [-0.2, -0.15) is 0 Å². The van der Waals surface area contributed by atoms with Crippen LogP contribution in [-0.4, -0.2) is 13.3 Å². The Hall–Kier alpha value is -0.470. The predicted octanol–water partition coefficient (Wildman–Crippen LogP) is 5.03. The molecule has 0 aromatic heterocycles. The monoisotopic (exact) mass is 265 g/mol. The molecule has 0 amide bonds. The first kappa shape index (κ1) is 15.6. The van der Waals surface area contributed by atoms with Crippen LogP contribution in [0.15, 0.2) is 29.2 Å². The van der Waals surface area contributed by atoms with Crippen molar-refractivity contribution in [3.05, 3.63) is 29.8 Å². The van der Waals surface area contributed by atoms with Gasteiger partial charge in [-0.1, -0.05) is 51.2 Å². The Morgan fingerprint density at radius 1 is 1.06 bits per heavy atom. The van der Waals surface area contributed by atoms with Gasteiger partial charge in [-0.05, 0) is 37.4 Å². The summed E-state index contributed by atoms with van der Waals surface area (Å²) in [6, 6.07) is 9.49. The molecular weight excluding hydrogens is 238 g/mol. The van der Waals surface area contributed by atoms with Crippen LogP contribution in [0.4, 0.5) is 0 Å². The summed E-state index contributed by atoms with van der Waals surface area (Å²) in [6.45, 7) is 2.27. The lowest BCUT2D eigenvalue weighted by atomic mass is 10.00. The van der Waals surface area contributed by atoms with Gasteiger partial charge >= 0.3 is 0 Å². The maximum absolute atomic E-state index is 3.44. The molecule has 1 nitrogen and oxygen atoms in total. The molecule has 1 N–H and O–H groups in total. The molecule has 0 aliphatic carbocycles. The molecule has 2 heteroatoms. The fourth-order valence-corrected chi connectivity index (χ4v) is 2.67. The van der Waals surface area contributed by atoms with E-state index in [0.717, 1.165) is 0 Å². The Labute approximate surface area is 117 Å². The van der Waals surface area contributed by atoms with Crippen molar-refractivity contribution in [2.75, 3.05) is 13.3 Å². The van der Waals surface area contributed by atoms with Crippen molar-refractivity contribution in [2.45, 2.75) is 56.4 Å². The van der Waals surface area contributed by atoms with Gasteiger partial charge in [0.1, 0.15) is 0 Å². The van der Waals surface area contributed by atoms with Crippen molar-refractivity contribution in [2.24, 2.45) is 0 Å². The lowest BCUT2D eigenvalue weighted by Gasteiger charge is -2.17. The molecule has 0 saturated carbocycles. The van der Waals surface area contributed by atoms with Crippen LogP contribution in [0.1, 0.15) is 57.1 Å². The van der Waals surface area contributed by atoms with E-state index in [4.69, 9.17) is 0 Å². The number of rotatable bonds is 9. The van der Waals surface area contributed by atoms with E-state index in [0.29, 0.717) is 6.04 Å². The molecule has 1 atom stereocenters. The first-order valence-corrected chi connectivity index (χ1v) is 8.35. The first-order valence-electron chi connectivity index (χ1n) is 7.13. The standard InChI is InChI=1S/C16H27NS/c1-4-5-6-7-8-9-16(17-2)14-10-12-15(18-3)13-11-14/h10-13,16-17H,4-9H2,1-3H3. The second kappa shape index (κ2) is 9.46. The Bertz CT molecular complexity index is 307. The summed E-state index contributed by atoms with van der Waals surface area (Å²) in [4.78, 5) is 1.34. The van der Waals surface area contributed by atoms with Crippen molar-refractivity contribution in [3.8, 4) is 0 Å². The predicted molar refractivity (Wildman–Crippen MR) is 83.4 cm³/mol. The van der Waals surface area contributed by atoms with Crippen LogP contribution in [-0.2, 0) is 0 Å². The summed E-state index contributed by atoms with van der Waals surface area (Å²) in [7, 11) is 2.07. The minimum atomic E-state index is 0.516. The number of nitrogens with one attached hydrogen (secondary N) is 1. The molecule has 0 fully saturated rings. The molecule has 102 valence electrons. The summed E-state index contributed by atoms with van der Waals surface area (Å²) in [5.74, 6) is 0. The van der Waals surface area contributed by atoms with Crippen molar-refractivity contribution >= 4 is 11.8 Å². The van der Waals surface area contributed by atoms with Gasteiger partial charge in [-0.25, -0.2) is 0 Å². The lowest BCUT2D eigenvalue weighted by molar-refractivity contribution is 0.500. The second-order valence-corrected chi connectivity index (χ2v) is 5.70. The average molecular weight is 265 g/mol. The Morgan fingerprint density at radius 2 is 1.72 bits per heavy atom. The normalized spacial score (nSPS) is 12.6. The van der Waals surface area contributed by atoms with Crippen LogP contribution in [0, 0.1) is 0 Å². The van der Waals surface area contributed by atoms with Crippen molar-refractivity contribution in [1.29, 1.82) is 0 Å². The van der Waals surface area contributed by atoms with Gasteiger partial charge in [0, 0.05) is 10.9 Å². The quantitative estimate of drug-likeness (QED) is 0.496. The summed E-state index contributed by atoms with van der Waals surface area (Å²) in [6.07, 6.45) is 10.2. The Kier molecular flexibility index (Phi) is 8.19. The highest BCUT2D eigenvalue weighted by Gasteiger charge is 2.08. The fraction of sp³-hybridized carbons (Fsp3) is 0.625. The van der Waals surface area contributed by atoms with Crippen molar-refractivity contribution < 1.29 is 0 Å².